The second-order valence-corrected chi connectivity index (χ2v) is 23.4. The molecule has 0 saturated heterocycles. The first-order valence-corrected chi connectivity index (χ1v) is 17.9. The molecule has 0 bridgehead atoms. The van der Waals surface area contributed by atoms with Crippen molar-refractivity contribution in [1.82, 2.24) is 8.47 Å². The van der Waals surface area contributed by atoms with E-state index in [1.807, 2.05) is 11.2 Å². The highest BCUT2D eigenvalue weighted by atomic mass is 28.3. The highest BCUT2D eigenvalue weighted by Gasteiger charge is 2.34. The minimum absolute atomic E-state index is 0.0638. The summed E-state index contributed by atoms with van der Waals surface area (Å²) in [5.74, 6) is 0. The summed E-state index contributed by atoms with van der Waals surface area (Å²) in [7, 11) is -5.71. The third-order valence-electron chi connectivity index (χ3n) is 3.54. The normalized spacial score (nSPS) is 13.6. The van der Waals surface area contributed by atoms with Gasteiger partial charge in [0.15, 0.2) is 16.5 Å². The summed E-state index contributed by atoms with van der Waals surface area (Å²) in [5.41, 5.74) is 0.658. The molecule has 0 aliphatic carbocycles. The zero-order valence-electron chi connectivity index (χ0n) is 15.2. The van der Waals surface area contributed by atoms with Crippen LogP contribution in [0.5, 0.6) is 0 Å². The fraction of sp³-hybridized carbons (Fsp3) is 0.714. The molecule has 0 amide bonds. The molecule has 4 nitrogen and oxygen atoms in total. The van der Waals surface area contributed by atoms with E-state index in [0.29, 0.717) is 0 Å². The van der Waals surface area contributed by atoms with E-state index in [1.54, 1.807) is 4.23 Å². The van der Waals surface area contributed by atoms with Crippen LogP contribution in [0.4, 0.5) is 0 Å². The summed E-state index contributed by atoms with van der Waals surface area (Å²) in [6, 6.07) is 0. The predicted octanol–water partition coefficient (Wildman–Crippen LogP) is 2.23. The van der Waals surface area contributed by atoms with Gasteiger partial charge in [0.05, 0.1) is 8.07 Å². The SMILES string of the molecule is Cc1c([Si](C)(C)C)n([Si](C)(C)C)c(=O)n([Si](C)(C)C)c1=O. The van der Waals surface area contributed by atoms with Crippen LogP contribution in [0.3, 0.4) is 0 Å². The van der Waals surface area contributed by atoms with Crippen LogP contribution >= 0.6 is 0 Å². The highest BCUT2D eigenvalue weighted by molar-refractivity contribution is 6.90. The van der Waals surface area contributed by atoms with E-state index >= 15 is 0 Å². The zero-order chi connectivity index (χ0) is 17.0. The molecule has 0 unspecified atom stereocenters. The zero-order valence-corrected chi connectivity index (χ0v) is 18.2. The molecule has 0 aromatic carbocycles. The van der Waals surface area contributed by atoms with E-state index < -0.39 is 24.5 Å². The largest absolute Gasteiger partial charge is 0.330 e. The lowest BCUT2D eigenvalue weighted by atomic mass is 10.4. The van der Waals surface area contributed by atoms with E-state index in [9.17, 15) is 9.59 Å². The number of nitrogens with zero attached hydrogens (tertiary/aromatic N) is 2. The molecule has 1 aromatic heterocycles. The van der Waals surface area contributed by atoms with Crippen LogP contribution in [0, 0.1) is 6.92 Å². The molecule has 0 N–H and O–H groups in total. The minimum Gasteiger partial charge on any atom is -0.330 e. The van der Waals surface area contributed by atoms with Crippen LogP contribution in [-0.2, 0) is 0 Å². The predicted molar refractivity (Wildman–Crippen MR) is 100 cm³/mol. The minimum atomic E-state index is -2.04. The first-order chi connectivity index (χ1) is 9.10. The molecule has 0 aliphatic rings. The standard InChI is InChI=1S/C14H30N2O2Si3/c1-11-12(17)15(20(5,6)7)14(18)16(21(8,9)10)13(11)19(2,3)4/h1-10H3. The van der Waals surface area contributed by atoms with Crippen molar-refractivity contribution < 1.29 is 0 Å². The molecule has 0 spiro atoms. The first-order valence-electron chi connectivity index (χ1n) is 7.50. The number of rotatable bonds is 3. The van der Waals surface area contributed by atoms with Crippen molar-refractivity contribution >= 4 is 29.9 Å². The smallest absolute Gasteiger partial charge is 0.314 e. The highest BCUT2D eigenvalue weighted by Crippen LogP contribution is 2.10. The molecule has 0 atom stereocenters. The van der Waals surface area contributed by atoms with Crippen molar-refractivity contribution in [2.75, 3.05) is 0 Å². The number of hydrogen-bond acceptors (Lipinski definition) is 2. The van der Waals surface area contributed by atoms with Crippen molar-refractivity contribution in [3.8, 4) is 0 Å². The van der Waals surface area contributed by atoms with Gasteiger partial charge in [0.2, 0.25) is 0 Å². The Labute approximate surface area is 131 Å². The Morgan fingerprint density at radius 1 is 0.714 bits per heavy atom. The topological polar surface area (TPSA) is 44.0 Å². The molecule has 21 heavy (non-hydrogen) atoms. The summed E-state index contributed by atoms with van der Waals surface area (Å²) in [4.78, 5) is 25.9. The Hall–Kier alpha value is -0.669. The summed E-state index contributed by atoms with van der Waals surface area (Å²) in [5, 5.41) is 1.05. The fourth-order valence-corrected chi connectivity index (χ4v) is 9.91. The van der Waals surface area contributed by atoms with Crippen LogP contribution in [0.2, 0.25) is 58.9 Å². The molecule has 1 heterocycles. The summed E-state index contributed by atoms with van der Waals surface area (Å²) < 4.78 is 3.60. The van der Waals surface area contributed by atoms with Gasteiger partial charge >= 0.3 is 5.69 Å². The fourth-order valence-electron chi connectivity index (χ4n) is 2.83. The molecule has 1 rings (SSSR count). The van der Waals surface area contributed by atoms with E-state index in [2.05, 4.69) is 58.9 Å². The second kappa shape index (κ2) is 5.20. The number of aromatic nitrogens is 2. The van der Waals surface area contributed by atoms with E-state index in [4.69, 9.17) is 0 Å². The Morgan fingerprint density at radius 2 is 1.10 bits per heavy atom. The molecule has 7 heteroatoms. The maximum Gasteiger partial charge on any atom is 0.314 e. The maximum atomic E-state index is 13.1. The molecule has 0 aliphatic heterocycles. The van der Waals surface area contributed by atoms with Gasteiger partial charge in [0, 0.05) is 10.9 Å². The average molecular weight is 343 g/mol. The van der Waals surface area contributed by atoms with Gasteiger partial charge in [-0.1, -0.05) is 58.9 Å². The molecule has 0 fully saturated rings. The lowest BCUT2D eigenvalue weighted by Gasteiger charge is -2.34. The Balaban J connectivity index is 4.16. The van der Waals surface area contributed by atoms with Crippen LogP contribution in [0.15, 0.2) is 9.59 Å². The molecule has 120 valence electrons. The van der Waals surface area contributed by atoms with Crippen molar-refractivity contribution in [2.45, 2.75) is 65.8 Å². The van der Waals surface area contributed by atoms with Gasteiger partial charge in [-0.2, -0.15) is 0 Å². The van der Waals surface area contributed by atoms with Crippen LogP contribution in [0.1, 0.15) is 5.56 Å². The summed E-state index contributed by atoms with van der Waals surface area (Å²) in [6.45, 7) is 21.2. The van der Waals surface area contributed by atoms with Gasteiger partial charge in [-0.15, -0.1) is 0 Å². The van der Waals surface area contributed by atoms with Crippen LogP contribution in [0.25, 0.3) is 0 Å². The van der Waals surface area contributed by atoms with Gasteiger partial charge in [-0.3, -0.25) is 9.03 Å². The third kappa shape index (κ3) is 3.40. The van der Waals surface area contributed by atoms with Crippen molar-refractivity contribution in [3.05, 3.63) is 26.4 Å². The number of hydrogen-bond donors (Lipinski definition) is 0. The first kappa shape index (κ1) is 18.4. The van der Waals surface area contributed by atoms with Crippen molar-refractivity contribution in [2.24, 2.45) is 0 Å². The molecule has 0 radical (unpaired) electrons. The van der Waals surface area contributed by atoms with Crippen LogP contribution < -0.4 is 16.6 Å². The molecule has 1 aromatic rings. The van der Waals surface area contributed by atoms with Crippen molar-refractivity contribution in [3.63, 3.8) is 0 Å². The monoisotopic (exact) mass is 342 g/mol. The van der Waals surface area contributed by atoms with E-state index in [1.165, 1.54) is 0 Å². The van der Waals surface area contributed by atoms with Gasteiger partial charge in [0.1, 0.15) is 0 Å². The lowest BCUT2D eigenvalue weighted by Crippen LogP contribution is -2.66. The van der Waals surface area contributed by atoms with Gasteiger partial charge in [-0.05, 0) is 6.92 Å². The summed E-state index contributed by atoms with van der Waals surface area (Å²) in [6.07, 6.45) is 0. The Bertz CT molecular complexity index is 668. The third-order valence-corrected chi connectivity index (χ3v) is 9.27. The maximum absolute atomic E-state index is 13.1. The quantitative estimate of drug-likeness (QED) is 0.791. The van der Waals surface area contributed by atoms with Gasteiger partial charge < -0.3 is 4.23 Å². The Morgan fingerprint density at radius 3 is 1.38 bits per heavy atom. The molecular formula is C14H30N2O2Si3. The average Bonchev–Trinajstić information content (AvgIpc) is 2.17. The van der Waals surface area contributed by atoms with Gasteiger partial charge in [-0.25, -0.2) is 4.79 Å². The summed E-state index contributed by atoms with van der Waals surface area (Å²) >= 11 is 0. The van der Waals surface area contributed by atoms with Crippen LogP contribution in [-0.4, -0.2) is 33.0 Å². The molecular weight excluding hydrogens is 312 g/mol. The lowest BCUT2D eigenvalue weighted by molar-refractivity contribution is 0.860. The van der Waals surface area contributed by atoms with E-state index in [0.717, 1.165) is 10.9 Å². The van der Waals surface area contributed by atoms with Crippen molar-refractivity contribution in [1.29, 1.82) is 0 Å². The van der Waals surface area contributed by atoms with Gasteiger partial charge in [0.25, 0.3) is 5.56 Å². The second-order valence-electron chi connectivity index (χ2n) is 8.82. The molecule has 0 saturated carbocycles. The van der Waals surface area contributed by atoms with E-state index in [-0.39, 0.29) is 11.2 Å². The Kier molecular flexibility index (Phi) is 4.55.